The van der Waals surface area contributed by atoms with Gasteiger partial charge in [0, 0.05) is 50.1 Å². The number of hydrogen-bond donors (Lipinski definition) is 1. The Kier molecular flexibility index (Phi) is 5.55. The van der Waals surface area contributed by atoms with Crippen molar-refractivity contribution in [2.75, 3.05) is 39.8 Å². The van der Waals surface area contributed by atoms with Gasteiger partial charge in [-0.25, -0.2) is 4.98 Å². The average Bonchev–Trinajstić information content (AvgIpc) is 2.83. The number of aromatic nitrogens is 1. The third kappa shape index (κ3) is 4.01. The summed E-state index contributed by atoms with van der Waals surface area (Å²) in [7, 11) is 2.20. The highest BCUT2D eigenvalue weighted by Gasteiger charge is 2.18. The Bertz CT molecular complexity index is 394. The zero-order valence-electron chi connectivity index (χ0n) is 13.2. The Morgan fingerprint density at radius 3 is 2.35 bits per heavy atom. The van der Waals surface area contributed by atoms with Crippen molar-refractivity contribution in [1.29, 1.82) is 0 Å². The smallest absolute Gasteiger partial charge is 0.0944 e. The first kappa shape index (κ1) is 15.9. The van der Waals surface area contributed by atoms with Crippen molar-refractivity contribution in [2.24, 2.45) is 5.73 Å². The van der Waals surface area contributed by atoms with Gasteiger partial charge in [-0.1, -0.05) is 13.8 Å². The molecule has 0 spiro atoms. The number of piperazine rings is 1. The number of rotatable bonds is 5. The van der Waals surface area contributed by atoms with Crippen LogP contribution in [0.15, 0.2) is 0 Å². The zero-order chi connectivity index (χ0) is 14.7. The van der Waals surface area contributed by atoms with Crippen LogP contribution < -0.4 is 5.73 Å². The van der Waals surface area contributed by atoms with Gasteiger partial charge in [0.1, 0.15) is 0 Å². The maximum atomic E-state index is 6.07. The standard InChI is InChI=1S/C15H28N4S/c1-11(2)14-15(12(3)16)20-13(17-14)5-6-19-9-7-18(4)8-10-19/h11-12H,5-10,16H2,1-4H3. The predicted octanol–water partition coefficient (Wildman–Crippen LogP) is 2.08. The molecule has 114 valence electrons. The van der Waals surface area contributed by atoms with Gasteiger partial charge in [0.25, 0.3) is 0 Å². The van der Waals surface area contributed by atoms with E-state index in [1.165, 1.54) is 41.8 Å². The van der Waals surface area contributed by atoms with E-state index in [9.17, 15) is 0 Å². The summed E-state index contributed by atoms with van der Waals surface area (Å²) in [4.78, 5) is 11.0. The van der Waals surface area contributed by atoms with E-state index in [2.05, 4.69) is 37.6 Å². The molecule has 0 radical (unpaired) electrons. The van der Waals surface area contributed by atoms with Crippen LogP contribution in [-0.4, -0.2) is 54.6 Å². The highest BCUT2D eigenvalue weighted by molar-refractivity contribution is 7.11. The summed E-state index contributed by atoms with van der Waals surface area (Å²) < 4.78 is 0. The Hall–Kier alpha value is -0.490. The van der Waals surface area contributed by atoms with Gasteiger partial charge in [-0.05, 0) is 19.9 Å². The van der Waals surface area contributed by atoms with Gasteiger partial charge in [0.05, 0.1) is 10.7 Å². The monoisotopic (exact) mass is 296 g/mol. The zero-order valence-corrected chi connectivity index (χ0v) is 14.0. The Morgan fingerprint density at radius 2 is 1.85 bits per heavy atom. The van der Waals surface area contributed by atoms with E-state index in [1.807, 2.05) is 11.3 Å². The van der Waals surface area contributed by atoms with Crippen LogP contribution in [0.5, 0.6) is 0 Å². The molecule has 1 atom stereocenters. The normalized spacial score (nSPS) is 19.7. The van der Waals surface area contributed by atoms with E-state index < -0.39 is 0 Å². The van der Waals surface area contributed by atoms with Crippen LogP contribution in [0.1, 0.15) is 48.3 Å². The SMILES string of the molecule is CC(C)c1nc(CCN2CCN(C)CC2)sc1C(C)N. The van der Waals surface area contributed by atoms with Crippen molar-refractivity contribution in [3.63, 3.8) is 0 Å². The summed E-state index contributed by atoms with van der Waals surface area (Å²) in [6, 6.07) is 0.0993. The molecular weight excluding hydrogens is 268 g/mol. The van der Waals surface area contributed by atoms with Crippen LogP contribution in [-0.2, 0) is 6.42 Å². The molecule has 4 nitrogen and oxygen atoms in total. The molecule has 0 saturated carbocycles. The molecule has 0 bridgehead atoms. The second-order valence-corrected chi connectivity index (χ2v) is 7.31. The summed E-state index contributed by atoms with van der Waals surface area (Å²) in [5.41, 5.74) is 7.28. The fourth-order valence-corrected chi connectivity index (χ4v) is 3.73. The van der Waals surface area contributed by atoms with Crippen LogP contribution >= 0.6 is 11.3 Å². The minimum absolute atomic E-state index is 0.0993. The number of nitrogens with zero attached hydrogens (tertiary/aromatic N) is 3. The van der Waals surface area contributed by atoms with Crippen molar-refractivity contribution in [2.45, 2.75) is 39.2 Å². The molecule has 20 heavy (non-hydrogen) atoms. The third-order valence-electron chi connectivity index (χ3n) is 3.92. The average molecular weight is 296 g/mol. The highest BCUT2D eigenvalue weighted by atomic mass is 32.1. The highest BCUT2D eigenvalue weighted by Crippen LogP contribution is 2.29. The number of likely N-dealkylation sites (N-methyl/N-ethyl adjacent to an activating group) is 1. The van der Waals surface area contributed by atoms with E-state index in [0.717, 1.165) is 13.0 Å². The lowest BCUT2D eigenvalue weighted by Gasteiger charge is -2.32. The molecule has 0 aliphatic carbocycles. The molecule has 5 heteroatoms. The molecule has 1 fully saturated rings. The van der Waals surface area contributed by atoms with Crippen LogP contribution in [0.2, 0.25) is 0 Å². The van der Waals surface area contributed by atoms with Crippen LogP contribution in [0, 0.1) is 0 Å². The molecular formula is C15H28N4S. The minimum atomic E-state index is 0.0993. The Morgan fingerprint density at radius 1 is 1.20 bits per heavy atom. The largest absolute Gasteiger partial charge is 0.323 e. The van der Waals surface area contributed by atoms with Crippen molar-refractivity contribution < 1.29 is 0 Å². The number of nitrogens with two attached hydrogens (primary N) is 1. The molecule has 0 amide bonds. The molecule has 1 unspecified atom stereocenters. The van der Waals surface area contributed by atoms with Gasteiger partial charge in [0.15, 0.2) is 0 Å². The number of thiazole rings is 1. The van der Waals surface area contributed by atoms with Crippen LogP contribution in [0.3, 0.4) is 0 Å². The fraction of sp³-hybridized carbons (Fsp3) is 0.800. The summed E-state index contributed by atoms with van der Waals surface area (Å²) >= 11 is 1.81. The third-order valence-corrected chi connectivity index (χ3v) is 5.26. The predicted molar refractivity (Wildman–Crippen MR) is 86.4 cm³/mol. The molecule has 1 aromatic heterocycles. The van der Waals surface area contributed by atoms with E-state index in [4.69, 9.17) is 10.7 Å². The van der Waals surface area contributed by atoms with E-state index in [1.54, 1.807) is 0 Å². The van der Waals surface area contributed by atoms with E-state index in [0.29, 0.717) is 5.92 Å². The van der Waals surface area contributed by atoms with E-state index >= 15 is 0 Å². The van der Waals surface area contributed by atoms with Crippen molar-refractivity contribution in [1.82, 2.24) is 14.8 Å². The van der Waals surface area contributed by atoms with Crippen molar-refractivity contribution in [3.8, 4) is 0 Å². The first-order chi connectivity index (χ1) is 9.47. The summed E-state index contributed by atoms with van der Waals surface area (Å²) in [6.45, 7) is 12.3. The summed E-state index contributed by atoms with van der Waals surface area (Å²) in [5.74, 6) is 0.463. The summed E-state index contributed by atoms with van der Waals surface area (Å²) in [5, 5.41) is 1.25. The maximum absolute atomic E-state index is 6.07. The Labute approximate surface area is 127 Å². The van der Waals surface area contributed by atoms with Crippen LogP contribution in [0.4, 0.5) is 0 Å². The lowest BCUT2D eigenvalue weighted by Crippen LogP contribution is -2.45. The molecule has 2 N–H and O–H groups in total. The van der Waals surface area contributed by atoms with Gasteiger partial charge in [-0.3, -0.25) is 0 Å². The maximum Gasteiger partial charge on any atom is 0.0944 e. The van der Waals surface area contributed by atoms with Gasteiger partial charge in [-0.2, -0.15) is 0 Å². The lowest BCUT2D eigenvalue weighted by atomic mass is 10.1. The second kappa shape index (κ2) is 6.98. The van der Waals surface area contributed by atoms with Gasteiger partial charge in [0.2, 0.25) is 0 Å². The van der Waals surface area contributed by atoms with E-state index in [-0.39, 0.29) is 6.04 Å². The molecule has 1 aliphatic heterocycles. The van der Waals surface area contributed by atoms with Crippen molar-refractivity contribution >= 4 is 11.3 Å². The Balaban J connectivity index is 1.94. The fourth-order valence-electron chi connectivity index (χ4n) is 2.56. The molecule has 0 aromatic carbocycles. The van der Waals surface area contributed by atoms with Crippen LogP contribution in [0.25, 0.3) is 0 Å². The minimum Gasteiger partial charge on any atom is -0.323 e. The first-order valence-corrected chi connectivity index (χ1v) is 8.45. The quantitative estimate of drug-likeness (QED) is 0.903. The van der Waals surface area contributed by atoms with Crippen molar-refractivity contribution in [3.05, 3.63) is 15.6 Å². The molecule has 1 aliphatic rings. The second-order valence-electron chi connectivity index (χ2n) is 6.20. The number of hydrogen-bond acceptors (Lipinski definition) is 5. The first-order valence-electron chi connectivity index (χ1n) is 7.63. The lowest BCUT2D eigenvalue weighted by molar-refractivity contribution is 0.155. The molecule has 2 rings (SSSR count). The molecule has 1 saturated heterocycles. The molecule has 1 aromatic rings. The topological polar surface area (TPSA) is 45.4 Å². The summed E-state index contributed by atoms with van der Waals surface area (Å²) in [6.07, 6.45) is 1.06. The van der Waals surface area contributed by atoms with Gasteiger partial charge >= 0.3 is 0 Å². The molecule has 2 heterocycles. The van der Waals surface area contributed by atoms with Gasteiger partial charge < -0.3 is 15.5 Å². The van der Waals surface area contributed by atoms with Gasteiger partial charge in [-0.15, -0.1) is 11.3 Å².